The van der Waals surface area contributed by atoms with Gasteiger partial charge in [-0.25, -0.2) is 8.42 Å². The number of hydrogen-bond donors (Lipinski definition) is 4. The number of para-hydroxylation sites is 2. The molecule has 0 aromatic heterocycles. The van der Waals surface area contributed by atoms with Crippen LogP contribution in [0.2, 0.25) is 0 Å². The molecule has 4 aromatic carbocycles. The predicted octanol–water partition coefficient (Wildman–Crippen LogP) is 8.41. The molecular weight excluding hydrogens is 598 g/mol. The Balaban J connectivity index is 1.45. The molecule has 0 saturated heterocycles. The van der Waals surface area contributed by atoms with Gasteiger partial charge >= 0.3 is 0 Å². The fourth-order valence-corrected chi connectivity index (χ4v) is 6.78. The van der Waals surface area contributed by atoms with Gasteiger partial charge in [-0.1, -0.05) is 96.1 Å². The maximum atomic E-state index is 13.8. The number of fused-ring (bicyclic) bond motifs is 1. The van der Waals surface area contributed by atoms with Crippen molar-refractivity contribution in [3.63, 3.8) is 0 Å². The molecule has 0 aliphatic rings. The second-order valence-corrected chi connectivity index (χ2v) is 14.5. The van der Waals surface area contributed by atoms with Gasteiger partial charge in [0.15, 0.2) is 0 Å². The molecule has 46 heavy (non-hydrogen) atoms. The molecule has 0 atom stereocenters. The highest BCUT2D eigenvalue weighted by atomic mass is 32.2. The Morgan fingerprint density at radius 1 is 0.826 bits per heavy atom. The molecular formula is C37H47N3O5S. The maximum absolute atomic E-state index is 13.8. The molecule has 0 spiro atoms. The lowest BCUT2D eigenvalue weighted by Gasteiger charge is -2.30. The van der Waals surface area contributed by atoms with E-state index >= 15 is 0 Å². The van der Waals surface area contributed by atoms with Gasteiger partial charge in [-0.2, -0.15) is 0 Å². The number of unbranched alkanes of at least 4 members (excludes halogenated alkanes) is 1. The third kappa shape index (κ3) is 7.82. The first-order valence-corrected chi connectivity index (χ1v) is 17.4. The fourth-order valence-electron chi connectivity index (χ4n) is 5.28. The zero-order valence-corrected chi connectivity index (χ0v) is 28.6. The third-order valence-corrected chi connectivity index (χ3v) is 10.5. The smallest absolute Gasteiger partial charge is 0.263 e. The van der Waals surface area contributed by atoms with E-state index in [-0.39, 0.29) is 32.7 Å². The molecule has 246 valence electrons. The highest BCUT2D eigenvalue weighted by Gasteiger charge is 2.28. The number of anilines is 2. The third-order valence-electron chi connectivity index (χ3n) is 9.06. The van der Waals surface area contributed by atoms with Gasteiger partial charge in [-0.3, -0.25) is 20.2 Å². The first-order chi connectivity index (χ1) is 21.8. The number of carbonyl (C=O) groups excluding carboxylic acids is 1. The number of carbonyl (C=O) groups is 1. The molecule has 0 radical (unpaired) electrons. The van der Waals surface area contributed by atoms with E-state index in [2.05, 4.69) is 69.8 Å². The number of benzene rings is 4. The van der Waals surface area contributed by atoms with Crippen LogP contribution in [0, 0.1) is 0 Å². The number of hydrogen-bond acceptors (Lipinski definition) is 6. The summed E-state index contributed by atoms with van der Waals surface area (Å²) in [6.45, 7) is 14.3. The summed E-state index contributed by atoms with van der Waals surface area (Å²) in [5.74, 6) is 0.407. The lowest BCUT2D eigenvalue weighted by atomic mass is 9.76. The molecule has 1 amide bonds. The highest BCUT2D eigenvalue weighted by Crippen LogP contribution is 2.38. The molecule has 0 heterocycles. The van der Waals surface area contributed by atoms with Crippen LogP contribution in [0.5, 0.6) is 5.75 Å². The fraction of sp³-hybridized carbons (Fsp3) is 0.378. The lowest BCUT2D eigenvalue weighted by Crippen LogP contribution is -2.28. The number of nitrogens with one attached hydrogen (secondary N) is 3. The molecule has 9 heteroatoms. The summed E-state index contributed by atoms with van der Waals surface area (Å²) in [6, 6.07) is 23.2. The van der Waals surface area contributed by atoms with E-state index in [0.29, 0.717) is 36.8 Å². The van der Waals surface area contributed by atoms with Crippen molar-refractivity contribution in [2.45, 2.75) is 83.0 Å². The minimum absolute atomic E-state index is 0.0351. The quantitative estimate of drug-likeness (QED) is 0.0762. The normalized spacial score (nSPS) is 12.2. The van der Waals surface area contributed by atoms with E-state index in [1.165, 1.54) is 29.3 Å². The van der Waals surface area contributed by atoms with Crippen molar-refractivity contribution in [3.8, 4) is 5.75 Å². The molecule has 4 aromatic rings. The Morgan fingerprint density at radius 3 is 2.20 bits per heavy atom. The molecule has 0 aliphatic heterocycles. The van der Waals surface area contributed by atoms with Crippen LogP contribution in [-0.2, 0) is 20.9 Å². The number of amides is 1. The molecule has 4 N–H and O–H groups in total. The van der Waals surface area contributed by atoms with Gasteiger partial charge in [0, 0.05) is 17.5 Å². The predicted molar refractivity (Wildman–Crippen MR) is 187 cm³/mol. The van der Waals surface area contributed by atoms with Gasteiger partial charge in [0.25, 0.3) is 15.9 Å². The van der Waals surface area contributed by atoms with Crippen LogP contribution >= 0.6 is 0 Å². The second kappa shape index (κ2) is 14.6. The molecule has 0 saturated carbocycles. The average Bonchev–Trinajstić information content (AvgIpc) is 3.05. The van der Waals surface area contributed by atoms with E-state index < -0.39 is 15.9 Å². The van der Waals surface area contributed by atoms with Crippen LogP contribution in [-0.4, -0.2) is 32.7 Å². The molecule has 0 unspecified atom stereocenters. The Hall–Kier alpha value is -4.08. The Bertz CT molecular complexity index is 1780. The van der Waals surface area contributed by atoms with Crippen LogP contribution in [0.25, 0.3) is 10.8 Å². The van der Waals surface area contributed by atoms with Crippen molar-refractivity contribution < 1.29 is 23.2 Å². The van der Waals surface area contributed by atoms with Crippen LogP contribution < -0.4 is 20.3 Å². The summed E-state index contributed by atoms with van der Waals surface area (Å²) in [5.41, 5.74) is 4.94. The van der Waals surface area contributed by atoms with Crippen molar-refractivity contribution in [1.29, 1.82) is 0 Å². The van der Waals surface area contributed by atoms with E-state index in [1.54, 1.807) is 36.4 Å². The summed E-state index contributed by atoms with van der Waals surface area (Å²) in [5, 5.41) is 13.5. The van der Waals surface area contributed by atoms with Gasteiger partial charge in [0.05, 0.1) is 23.5 Å². The van der Waals surface area contributed by atoms with Gasteiger partial charge in [-0.05, 0) is 71.7 Å². The zero-order valence-electron chi connectivity index (χ0n) is 27.7. The first-order valence-electron chi connectivity index (χ1n) is 15.9. The standard InChI is InChI=1S/C37H47N3O5S/c1-7-36(3,4)27-20-22-33(30(25-27)37(5,6)8-2)45-24-14-13-23-38-35(41)29-21-19-26-15-9-10-16-28(26)34(29)46(43,44)40-32-18-12-11-17-31(32)39-42/h9-12,15-22,25,39-40,42H,7-8,13-14,23-24H2,1-6H3,(H,38,41). The summed E-state index contributed by atoms with van der Waals surface area (Å²) in [7, 11) is -4.23. The SMILES string of the molecule is CCC(C)(C)c1ccc(OCCCCNC(=O)c2ccc3ccccc3c2S(=O)(=O)Nc2ccccc2NO)c(C(C)(C)CC)c1. The van der Waals surface area contributed by atoms with E-state index in [1.807, 2.05) is 11.5 Å². The van der Waals surface area contributed by atoms with E-state index in [4.69, 9.17) is 4.74 Å². The topological polar surface area (TPSA) is 117 Å². The van der Waals surface area contributed by atoms with Crippen LogP contribution in [0.15, 0.2) is 83.8 Å². The second-order valence-electron chi connectivity index (χ2n) is 12.9. The van der Waals surface area contributed by atoms with Crippen molar-refractivity contribution in [2.75, 3.05) is 23.4 Å². The monoisotopic (exact) mass is 645 g/mol. The van der Waals surface area contributed by atoms with Crippen molar-refractivity contribution in [1.82, 2.24) is 5.32 Å². The average molecular weight is 646 g/mol. The zero-order chi connectivity index (χ0) is 33.5. The highest BCUT2D eigenvalue weighted by molar-refractivity contribution is 7.93. The summed E-state index contributed by atoms with van der Waals surface area (Å²) >= 11 is 0. The van der Waals surface area contributed by atoms with Crippen LogP contribution in [0.3, 0.4) is 0 Å². The lowest BCUT2D eigenvalue weighted by molar-refractivity contribution is 0.0949. The van der Waals surface area contributed by atoms with Gasteiger partial charge in [0.2, 0.25) is 0 Å². The Labute approximate surface area is 273 Å². The Morgan fingerprint density at radius 2 is 1.50 bits per heavy atom. The minimum Gasteiger partial charge on any atom is -0.493 e. The molecule has 0 aliphatic carbocycles. The van der Waals surface area contributed by atoms with Crippen LogP contribution in [0.4, 0.5) is 11.4 Å². The largest absolute Gasteiger partial charge is 0.493 e. The summed E-state index contributed by atoms with van der Waals surface area (Å²) in [6.07, 6.45) is 3.40. The van der Waals surface area contributed by atoms with Crippen molar-refractivity contribution >= 4 is 38.1 Å². The van der Waals surface area contributed by atoms with Crippen molar-refractivity contribution in [2.24, 2.45) is 0 Å². The van der Waals surface area contributed by atoms with Gasteiger partial charge in [0.1, 0.15) is 10.6 Å². The molecule has 8 nitrogen and oxygen atoms in total. The first kappa shape index (κ1) is 34.8. The Kier molecular flexibility index (Phi) is 11.0. The minimum atomic E-state index is -4.23. The number of rotatable bonds is 15. The maximum Gasteiger partial charge on any atom is 0.263 e. The number of sulfonamides is 1. The molecule has 4 rings (SSSR count). The van der Waals surface area contributed by atoms with E-state index in [9.17, 15) is 18.4 Å². The molecule has 0 bridgehead atoms. The summed E-state index contributed by atoms with van der Waals surface area (Å²) < 4.78 is 36.3. The van der Waals surface area contributed by atoms with Crippen LogP contribution in [0.1, 0.15) is 88.7 Å². The number of ether oxygens (including phenoxy) is 1. The molecule has 0 fully saturated rings. The summed E-state index contributed by atoms with van der Waals surface area (Å²) in [4.78, 5) is 13.3. The van der Waals surface area contributed by atoms with E-state index in [0.717, 1.165) is 18.6 Å². The van der Waals surface area contributed by atoms with Gasteiger partial charge in [-0.15, -0.1) is 0 Å². The van der Waals surface area contributed by atoms with Gasteiger partial charge < -0.3 is 10.1 Å². The van der Waals surface area contributed by atoms with Crippen molar-refractivity contribution in [3.05, 3.63) is 95.6 Å².